The molecular weight excluding hydrogens is 336 g/mol. The van der Waals surface area contributed by atoms with Gasteiger partial charge in [0, 0.05) is 19.2 Å². The zero-order valence-electron chi connectivity index (χ0n) is 15.9. The van der Waals surface area contributed by atoms with Crippen LogP contribution < -0.4 is 5.32 Å². The molecule has 0 saturated carbocycles. The van der Waals surface area contributed by atoms with Gasteiger partial charge in [0.2, 0.25) is 5.91 Å². The molecule has 5 nitrogen and oxygen atoms in total. The lowest BCUT2D eigenvalue weighted by molar-refractivity contribution is -0.121. The normalized spacial score (nSPS) is 12.1. The number of nitrogens with one attached hydrogen (secondary N) is 1. The van der Waals surface area contributed by atoms with Crippen LogP contribution >= 0.6 is 0 Å². The van der Waals surface area contributed by atoms with Crippen molar-refractivity contribution in [2.45, 2.75) is 18.9 Å². The Morgan fingerprint density at radius 2 is 1.74 bits per heavy atom. The van der Waals surface area contributed by atoms with Gasteiger partial charge in [-0.05, 0) is 43.8 Å². The highest BCUT2D eigenvalue weighted by atomic mass is 16.1. The van der Waals surface area contributed by atoms with Crippen LogP contribution in [-0.4, -0.2) is 41.2 Å². The van der Waals surface area contributed by atoms with Crippen LogP contribution in [0.1, 0.15) is 23.6 Å². The maximum Gasteiger partial charge on any atom is 0.220 e. The Bertz CT molecular complexity index is 843. The maximum atomic E-state index is 12.5. The van der Waals surface area contributed by atoms with Gasteiger partial charge in [-0.25, -0.2) is 4.68 Å². The minimum Gasteiger partial charge on any atom is -0.348 e. The van der Waals surface area contributed by atoms with Gasteiger partial charge in [0.25, 0.3) is 0 Å². The Kier molecular flexibility index (Phi) is 6.39. The van der Waals surface area contributed by atoms with Crippen LogP contribution in [0.5, 0.6) is 0 Å². The summed E-state index contributed by atoms with van der Waals surface area (Å²) in [5.41, 5.74) is 3.19. The Morgan fingerprint density at radius 1 is 1.07 bits per heavy atom. The zero-order valence-corrected chi connectivity index (χ0v) is 15.9. The maximum absolute atomic E-state index is 12.5. The number of carbonyl (C=O) groups excluding carboxylic acids is 1. The molecule has 1 atom stereocenters. The van der Waals surface area contributed by atoms with Gasteiger partial charge in [0.15, 0.2) is 0 Å². The SMILES string of the molecule is CN(C)C[C@@H](NC(=O)CCc1cnn(-c2ccccc2)c1)c1ccccc1. The lowest BCUT2D eigenvalue weighted by Crippen LogP contribution is -2.35. The molecule has 0 aliphatic heterocycles. The third-order valence-corrected chi connectivity index (χ3v) is 4.38. The fraction of sp³-hybridized carbons (Fsp3) is 0.273. The van der Waals surface area contributed by atoms with Gasteiger partial charge in [-0.15, -0.1) is 0 Å². The number of hydrogen-bond acceptors (Lipinski definition) is 3. The number of amides is 1. The van der Waals surface area contributed by atoms with Crippen molar-refractivity contribution in [3.05, 3.63) is 84.2 Å². The second kappa shape index (κ2) is 9.14. The lowest BCUT2D eigenvalue weighted by atomic mass is 10.1. The molecule has 0 aliphatic carbocycles. The second-order valence-corrected chi connectivity index (χ2v) is 6.92. The van der Waals surface area contributed by atoms with E-state index < -0.39 is 0 Å². The molecule has 140 valence electrons. The van der Waals surface area contributed by atoms with Crippen molar-refractivity contribution in [2.75, 3.05) is 20.6 Å². The zero-order chi connectivity index (χ0) is 19.1. The van der Waals surface area contributed by atoms with E-state index in [9.17, 15) is 4.79 Å². The largest absolute Gasteiger partial charge is 0.348 e. The molecule has 1 aromatic heterocycles. The highest BCUT2D eigenvalue weighted by molar-refractivity contribution is 5.76. The standard InChI is InChI=1S/C22H26N4O/c1-25(2)17-21(19-9-5-3-6-10-19)24-22(27)14-13-18-15-23-26(16-18)20-11-7-4-8-12-20/h3-12,15-16,21H,13-14,17H2,1-2H3,(H,24,27)/t21-/m1/s1. The number of aryl methyl sites for hydroxylation is 1. The molecule has 0 aliphatic rings. The van der Waals surface area contributed by atoms with E-state index in [1.54, 1.807) is 0 Å². The van der Waals surface area contributed by atoms with E-state index in [4.69, 9.17) is 0 Å². The van der Waals surface area contributed by atoms with E-state index >= 15 is 0 Å². The molecule has 0 radical (unpaired) electrons. The van der Waals surface area contributed by atoms with E-state index in [0.29, 0.717) is 12.8 Å². The molecule has 2 aromatic carbocycles. The number of hydrogen-bond donors (Lipinski definition) is 1. The van der Waals surface area contributed by atoms with Crippen LogP contribution in [0.2, 0.25) is 0 Å². The smallest absolute Gasteiger partial charge is 0.220 e. The summed E-state index contributed by atoms with van der Waals surface area (Å²) < 4.78 is 1.84. The number of likely N-dealkylation sites (N-methyl/N-ethyl adjacent to an activating group) is 1. The van der Waals surface area contributed by atoms with Crippen molar-refractivity contribution in [1.82, 2.24) is 20.0 Å². The third-order valence-electron chi connectivity index (χ3n) is 4.38. The molecule has 0 unspecified atom stereocenters. The minimum absolute atomic E-state index is 0.0132. The average molecular weight is 362 g/mol. The minimum atomic E-state index is -0.0132. The van der Waals surface area contributed by atoms with Crippen molar-refractivity contribution in [1.29, 1.82) is 0 Å². The van der Waals surface area contributed by atoms with Gasteiger partial charge in [-0.2, -0.15) is 5.10 Å². The van der Waals surface area contributed by atoms with Crippen LogP contribution in [0, 0.1) is 0 Å². The Hall–Kier alpha value is -2.92. The molecule has 1 heterocycles. The molecule has 0 saturated heterocycles. The van der Waals surface area contributed by atoms with Crippen molar-refractivity contribution < 1.29 is 4.79 Å². The van der Waals surface area contributed by atoms with Gasteiger partial charge >= 0.3 is 0 Å². The first-order valence-corrected chi connectivity index (χ1v) is 9.20. The number of para-hydroxylation sites is 1. The van der Waals surface area contributed by atoms with Gasteiger partial charge in [0.1, 0.15) is 0 Å². The summed E-state index contributed by atoms with van der Waals surface area (Å²) in [7, 11) is 4.03. The van der Waals surface area contributed by atoms with Crippen molar-refractivity contribution in [2.24, 2.45) is 0 Å². The van der Waals surface area contributed by atoms with E-state index in [2.05, 4.69) is 27.4 Å². The molecule has 3 aromatic rings. The fourth-order valence-corrected chi connectivity index (χ4v) is 3.02. The summed E-state index contributed by atoms with van der Waals surface area (Å²) in [4.78, 5) is 14.6. The van der Waals surface area contributed by atoms with Crippen LogP contribution in [0.3, 0.4) is 0 Å². The molecule has 1 amide bonds. The van der Waals surface area contributed by atoms with Gasteiger partial charge < -0.3 is 10.2 Å². The molecular formula is C22H26N4O. The molecule has 5 heteroatoms. The van der Waals surface area contributed by atoms with Gasteiger partial charge in [-0.1, -0.05) is 48.5 Å². The predicted octanol–water partition coefficient (Wildman–Crippen LogP) is 3.22. The van der Waals surface area contributed by atoms with Crippen LogP contribution in [0.4, 0.5) is 0 Å². The third kappa shape index (κ3) is 5.53. The Balaban J connectivity index is 1.57. The van der Waals surface area contributed by atoms with Crippen LogP contribution in [-0.2, 0) is 11.2 Å². The first-order chi connectivity index (χ1) is 13.1. The number of benzene rings is 2. The van der Waals surface area contributed by atoms with Crippen molar-refractivity contribution in [3.8, 4) is 5.69 Å². The van der Waals surface area contributed by atoms with E-state index in [0.717, 1.165) is 23.4 Å². The topological polar surface area (TPSA) is 50.2 Å². The molecule has 27 heavy (non-hydrogen) atoms. The monoisotopic (exact) mass is 362 g/mol. The fourth-order valence-electron chi connectivity index (χ4n) is 3.02. The highest BCUT2D eigenvalue weighted by Crippen LogP contribution is 2.14. The summed E-state index contributed by atoms with van der Waals surface area (Å²) in [5, 5.41) is 7.56. The summed E-state index contributed by atoms with van der Waals surface area (Å²) in [6.45, 7) is 0.766. The summed E-state index contributed by atoms with van der Waals surface area (Å²) in [6, 6.07) is 20.1. The summed E-state index contributed by atoms with van der Waals surface area (Å²) >= 11 is 0. The number of aromatic nitrogens is 2. The van der Waals surface area contributed by atoms with E-state index in [1.165, 1.54) is 0 Å². The molecule has 0 fully saturated rings. The van der Waals surface area contributed by atoms with E-state index in [-0.39, 0.29) is 11.9 Å². The molecule has 1 N–H and O–H groups in total. The first kappa shape index (κ1) is 18.9. The van der Waals surface area contributed by atoms with Gasteiger partial charge in [0.05, 0.1) is 17.9 Å². The van der Waals surface area contributed by atoms with Crippen LogP contribution in [0.15, 0.2) is 73.1 Å². The Morgan fingerprint density at radius 3 is 2.41 bits per heavy atom. The number of nitrogens with zero attached hydrogens (tertiary/aromatic N) is 3. The van der Waals surface area contributed by atoms with Crippen molar-refractivity contribution >= 4 is 5.91 Å². The molecule has 3 rings (SSSR count). The summed E-state index contributed by atoms with van der Waals surface area (Å²) in [6.07, 6.45) is 4.92. The molecule has 0 bridgehead atoms. The van der Waals surface area contributed by atoms with E-state index in [1.807, 2.05) is 79.7 Å². The summed E-state index contributed by atoms with van der Waals surface area (Å²) in [5.74, 6) is 0.0539. The number of carbonyl (C=O) groups is 1. The van der Waals surface area contributed by atoms with Crippen molar-refractivity contribution in [3.63, 3.8) is 0 Å². The predicted molar refractivity (Wildman–Crippen MR) is 108 cm³/mol. The Labute approximate surface area is 160 Å². The second-order valence-electron chi connectivity index (χ2n) is 6.92. The van der Waals surface area contributed by atoms with Gasteiger partial charge in [-0.3, -0.25) is 4.79 Å². The van der Waals surface area contributed by atoms with Crippen LogP contribution in [0.25, 0.3) is 5.69 Å². The highest BCUT2D eigenvalue weighted by Gasteiger charge is 2.15. The average Bonchev–Trinajstić information content (AvgIpc) is 3.16. The quantitative estimate of drug-likeness (QED) is 0.669. The molecule has 0 spiro atoms. The lowest BCUT2D eigenvalue weighted by Gasteiger charge is -2.23. The number of rotatable bonds is 8. The first-order valence-electron chi connectivity index (χ1n) is 9.20.